The van der Waals surface area contributed by atoms with Crippen molar-refractivity contribution in [2.75, 3.05) is 13.1 Å². The molecule has 0 aliphatic carbocycles. The number of hydrogen-bond acceptors (Lipinski definition) is 2. The largest absolute Gasteiger partial charge is 0.329 e. The Hall–Kier alpha value is 0.1000. The molecule has 1 fully saturated rings. The number of halogens is 2. The Labute approximate surface area is 126 Å². The summed E-state index contributed by atoms with van der Waals surface area (Å²) in [5.41, 5.74) is 7.33. The second-order valence-corrected chi connectivity index (χ2v) is 6.58. The Bertz CT molecular complexity index is 409. The molecule has 2 N–H and O–H groups in total. The molecule has 2 rings (SSSR count). The van der Waals surface area contributed by atoms with E-state index in [-0.39, 0.29) is 0 Å². The molecule has 1 aliphatic rings. The highest BCUT2D eigenvalue weighted by Crippen LogP contribution is 2.33. The molecule has 1 saturated heterocycles. The van der Waals surface area contributed by atoms with Gasteiger partial charge in [-0.3, -0.25) is 4.90 Å². The molecule has 0 bridgehead atoms. The van der Waals surface area contributed by atoms with Gasteiger partial charge in [0.25, 0.3) is 0 Å². The Kier molecular flexibility index (Phi) is 5.24. The van der Waals surface area contributed by atoms with Crippen LogP contribution < -0.4 is 5.73 Å². The van der Waals surface area contributed by atoms with E-state index in [1.807, 2.05) is 0 Å². The fourth-order valence-corrected chi connectivity index (χ4v) is 3.53. The van der Waals surface area contributed by atoms with Gasteiger partial charge >= 0.3 is 0 Å². The van der Waals surface area contributed by atoms with E-state index in [0.29, 0.717) is 18.6 Å². The van der Waals surface area contributed by atoms with Crippen LogP contribution in [0.3, 0.4) is 0 Å². The van der Waals surface area contributed by atoms with Crippen molar-refractivity contribution in [3.63, 3.8) is 0 Å². The topological polar surface area (TPSA) is 29.3 Å². The van der Waals surface area contributed by atoms with E-state index in [4.69, 9.17) is 5.73 Å². The normalized spacial score (nSPS) is 22.3. The number of nitrogens with two attached hydrogens (primary N) is 1. The van der Waals surface area contributed by atoms with Gasteiger partial charge in [-0.05, 0) is 75.4 Å². The first-order chi connectivity index (χ1) is 8.67. The summed E-state index contributed by atoms with van der Waals surface area (Å²) < 4.78 is 2.20. The van der Waals surface area contributed by atoms with Crippen LogP contribution in [0.15, 0.2) is 27.1 Å². The number of rotatable bonds is 4. The molecule has 100 valence electrons. The van der Waals surface area contributed by atoms with E-state index in [9.17, 15) is 0 Å². The first-order valence-electron chi connectivity index (χ1n) is 6.58. The zero-order chi connectivity index (χ0) is 13.1. The van der Waals surface area contributed by atoms with Gasteiger partial charge in [0.2, 0.25) is 0 Å². The monoisotopic (exact) mass is 374 g/mol. The Morgan fingerprint density at radius 2 is 2.17 bits per heavy atom. The van der Waals surface area contributed by atoms with Gasteiger partial charge in [-0.1, -0.05) is 13.0 Å². The fourth-order valence-electron chi connectivity index (χ4n) is 2.89. The van der Waals surface area contributed by atoms with Crippen LogP contribution in [0.25, 0.3) is 0 Å². The quantitative estimate of drug-likeness (QED) is 0.858. The van der Waals surface area contributed by atoms with Crippen molar-refractivity contribution in [1.29, 1.82) is 0 Å². The molecule has 0 spiro atoms. The first-order valence-corrected chi connectivity index (χ1v) is 8.16. The van der Waals surface area contributed by atoms with Crippen LogP contribution in [0.1, 0.15) is 37.8 Å². The third-order valence-corrected chi connectivity index (χ3v) is 5.73. The number of nitrogens with zero attached hydrogens (tertiary/aromatic N) is 1. The van der Waals surface area contributed by atoms with Crippen molar-refractivity contribution in [3.8, 4) is 0 Å². The lowest BCUT2D eigenvalue weighted by molar-refractivity contribution is 0.180. The number of likely N-dealkylation sites (tertiary alicyclic amines) is 1. The molecular formula is C14H20Br2N2. The molecule has 0 radical (unpaired) electrons. The highest BCUT2D eigenvalue weighted by molar-refractivity contribution is 9.13. The van der Waals surface area contributed by atoms with Crippen LogP contribution in [0.5, 0.6) is 0 Å². The SMILES string of the molecule is CCC1CCCN1C(CN)c1ccc(Br)c(Br)c1. The van der Waals surface area contributed by atoms with E-state index in [1.54, 1.807) is 0 Å². The zero-order valence-corrected chi connectivity index (χ0v) is 13.9. The molecule has 0 saturated carbocycles. The van der Waals surface area contributed by atoms with Gasteiger partial charge in [-0.15, -0.1) is 0 Å². The summed E-state index contributed by atoms with van der Waals surface area (Å²) in [5, 5.41) is 0. The molecule has 0 aromatic heterocycles. The average Bonchev–Trinajstić information content (AvgIpc) is 2.83. The molecule has 1 aromatic carbocycles. The summed E-state index contributed by atoms with van der Waals surface area (Å²) in [5.74, 6) is 0. The lowest BCUT2D eigenvalue weighted by atomic mass is 10.0. The van der Waals surface area contributed by atoms with Gasteiger partial charge in [0, 0.05) is 27.6 Å². The van der Waals surface area contributed by atoms with Crippen LogP contribution in [0.2, 0.25) is 0 Å². The molecule has 2 atom stereocenters. The summed E-state index contributed by atoms with van der Waals surface area (Å²) in [6, 6.07) is 7.51. The maximum absolute atomic E-state index is 6.02. The lowest BCUT2D eigenvalue weighted by Crippen LogP contribution is -2.37. The van der Waals surface area contributed by atoms with E-state index >= 15 is 0 Å². The molecule has 18 heavy (non-hydrogen) atoms. The second-order valence-electron chi connectivity index (χ2n) is 4.87. The predicted molar refractivity (Wildman–Crippen MR) is 83.7 cm³/mol. The summed E-state index contributed by atoms with van der Waals surface area (Å²) in [6.07, 6.45) is 3.82. The highest BCUT2D eigenvalue weighted by atomic mass is 79.9. The zero-order valence-electron chi connectivity index (χ0n) is 10.7. The fraction of sp³-hybridized carbons (Fsp3) is 0.571. The first kappa shape index (κ1) is 14.5. The van der Waals surface area contributed by atoms with Gasteiger partial charge in [-0.25, -0.2) is 0 Å². The van der Waals surface area contributed by atoms with Crippen molar-refractivity contribution in [2.24, 2.45) is 5.73 Å². The third-order valence-electron chi connectivity index (χ3n) is 3.85. The standard InChI is InChI=1S/C14H20Br2N2/c1-2-11-4-3-7-18(11)14(9-17)10-5-6-12(15)13(16)8-10/h5-6,8,11,14H,2-4,7,9,17H2,1H3. The Morgan fingerprint density at radius 3 is 2.78 bits per heavy atom. The van der Waals surface area contributed by atoms with E-state index in [2.05, 4.69) is 61.9 Å². The molecule has 1 heterocycles. The van der Waals surface area contributed by atoms with Crippen molar-refractivity contribution in [3.05, 3.63) is 32.7 Å². The second kappa shape index (κ2) is 6.51. The minimum atomic E-state index is 0.349. The van der Waals surface area contributed by atoms with Crippen LogP contribution in [0.4, 0.5) is 0 Å². The van der Waals surface area contributed by atoms with E-state index < -0.39 is 0 Å². The van der Waals surface area contributed by atoms with Crippen molar-refractivity contribution < 1.29 is 0 Å². The third kappa shape index (κ3) is 2.98. The summed E-state index contributed by atoms with van der Waals surface area (Å²) in [4.78, 5) is 2.58. The van der Waals surface area contributed by atoms with Crippen LogP contribution >= 0.6 is 31.9 Å². The minimum Gasteiger partial charge on any atom is -0.329 e. The minimum absolute atomic E-state index is 0.349. The molecule has 2 unspecified atom stereocenters. The Morgan fingerprint density at radius 1 is 1.39 bits per heavy atom. The molecule has 1 aliphatic heterocycles. The molecular weight excluding hydrogens is 356 g/mol. The van der Waals surface area contributed by atoms with E-state index in [0.717, 1.165) is 8.95 Å². The Balaban J connectivity index is 2.24. The van der Waals surface area contributed by atoms with Crippen molar-refractivity contribution >= 4 is 31.9 Å². The van der Waals surface area contributed by atoms with E-state index in [1.165, 1.54) is 31.4 Å². The number of hydrogen-bond donors (Lipinski definition) is 1. The maximum atomic E-state index is 6.02. The van der Waals surface area contributed by atoms with Gasteiger partial charge < -0.3 is 5.73 Å². The van der Waals surface area contributed by atoms with Crippen molar-refractivity contribution in [1.82, 2.24) is 4.90 Å². The molecule has 2 nitrogen and oxygen atoms in total. The number of benzene rings is 1. The van der Waals surface area contributed by atoms with Crippen LogP contribution in [0, 0.1) is 0 Å². The highest BCUT2D eigenvalue weighted by Gasteiger charge is 2.29. The van der Waals surface area contributed by atoms with Crippen LogP contribution in [-0.2, 0) is 0 Å². The van der Waals surface area contributed by atoms with Gasteiger partial charge in [0.1, 0.15) is 0 Å². The lowest BCUT2D eigenvalue weighted by Gasteiger charge is -2.32. The molecule has 4 heteroatoms. The molecule has 0 amide bonds. The summed E-state index contributed by atoms with van der Waals surface area (Å²) in [6.45, 7) is 4.13. The summed E-state index contributed by atoms with van der Waals surface area (Å²) in [7, 11) is 0. The average molecular weight is 376 g/mol. The van der Waals surface area contributed by atoms with Gasteiger partial charge in [-0.2, -0.15) is 0 Å². The smallest absolute Gasteiger partial charge is 0.0473 e. The van der Waals surface area contributed by atoms with Crippen LogP contribution in [-0.4, -0.2) is 24.0 Å². The molecule has 1 aromatic rings. The predicted octanol–water partition coefficient (Wildman–Crippen LogP) is 4.09. The maximum Gasteiger partial charge on any atom is 0.0473 e. The summed E-state index contributed by atoms with van der Waals surface area (Å²) >= 11 is 7.10. The van der Waals surface area contributed by atoms with Gasteiger partial charge in [0.15, 0.2) is 0 Å². The van der Waals surface area contributed by atoms with Crippen molar-refractivity contribution in [2.45, 2.75) is 38.3 Å². The van der Waals surface area contributed by atoms with Gasteiger partial charge in [0.05, 0.1) is 0 Å².